The summed E-state index contributed by atoms with van der Waals surface area (Å²) in [6, 6.07) is -4.43. The van der Waals surface area contributed by atoms with E-state index in [1.165, 1.54) is 72.9 Å². The van der Waals surface area contributed by atoms with Gasteiger partial charge in [-0.3, -0.25) is 52.7 Å². The predicted octanol–water partition coefficient (Wildman–Crippen LogP) is 4.92. The molecule has 1 spiro atoms. The van der Waals surface area contributed by atoms with E-state index in [9.17, 15) is 65.9 Å². The van der Waals surface area contributed by atoms with E-state index in [0.717, 1.165) is 54.0 Å². The Labute approximate surface area is 533 Å². The van der Waals surface area contributed by atoms with E-state index >= 15 is 0 Å². The zero-order valence-electron chi connectivity index (χ0n) is 54.5. The molecule has 502 valence electrons. The zero-order chi connectivity index (χ0) is 66.7. The van der Waals surface area contributed by atoms with Crippen LogP contribution >= 0.6 is 11.6 Å². The first kappa shape index (κ1) is 72.5. The maximum absolute atomic E-state index is 15.0. The van der Waals surface area contributed by atoms with Crippen molar-refractivity contribution >= 4 is 76.6 Å². The number of nitrogens with zero attached hydrogens (tertiary/aromatic N) is 7. The molecule has 2 saturated heterocycles. The summed E-state index contributed by atoms with van der Waals surface area (Å²) in [6.45, 7) is 7.41. The number of carbonyl (C=O) groups excluding carboxylic acids is 11. The largest absolute Gasteiger partial charge is 0.417 e. The quantitative estimate of drug-likeness (QED) is 0.245. The van der Waals surface area contributed by atoms with E-state index < -0.39 is 155 Å². The maximum atomic E-state index is 15.0. The van der Waals surface area contributed by atoms with Crippen LogP contribution in [0.4, 0.5) is 13.2 Å². The Balaban J connectivity index is 1.34. The van der Waals surface area contributed by atoms with Crippen molar-refractivity contribution in [2.75, 3.05) is 68.5 Å². The highest BCUT2D eigenvalue weighted by Gasteiger charge is 2.50. The first-order chi connectivity index (χ1) is 42.2. The lowest BCUT2D eigenvalue weighted by atomic mass is 9.85. The van der Waals surface area contributed by atoms with E-state index in [0.29, 0.717) is 44.1 Å². The van der Waals surface area contributed by atoms with Crippen molar-refractivity contribution < 1.29 is 65.9 Å². The molecule has 1 unspecified atom stereocenters. The highest BCUT2D eigenvalue weighted by atomic mass is 35.5. The van der Waals surface area contributed by atoms with E-state index in [-0.39, 0.29) is 75.7 Å². The average molecular weight is 1290 g/mol. The molecule has 3 aliphatic carbocycles. The Kier molecular flexibility index (Phi) is 25.5. The Morgan fingerprint density at radius 1 is 0.622 bits per heavy atom. The molecular weight excluding hydrogens is 1190 g/mol. The molecule has 0 bridgehead atoms. The third-order valence-electron chi connectivity index (χ3n) is 18.8. The van der Waals surface area contributed by atoms with Gasteiger partial charge in [-0.1, -0.05) is 90.3 Å². The standard InChI is InChI=1S/C64H97ClF3N11O11/c1-38(2)32-49-56(84)71-54(43-24-25-43)61(89)75(8)36-52(82)73(6)37-53(83)76(9)48(28-23-41-18-13-12-14-19-41)60(88)74(7)35-50(80)70-46(27-22-42-21-26-44(45(65)34-42)64(66,67)68)59(87)79-31-17-20-47(79)57(85)72-63(29-15-16-30-63)62(90)78(11)55(39(3)4)58(86)69-40(5)33-51(81)77(49)10/h21,26,34,38-41,43,46-49,54-55H,12-20,22-25,27-33,35-37H2,1-11H3,(H,69,86)(H,70,80)(H,71,84)(H,72,85)/t40-,46+,47?,48+,49+,54+,55+/m1/s1. The molecule has 3 saturated carbocycles. The molecule has 0 radical (unpaired) electrons. The summed E-state index contributed by atoms with van der Waals surface area (Å²) in [5.41, 5.74) is -2.24. The minimum Gasteiger partial charge on any atom is -0.351 e. The molecular formula is C64H97ClF3N11O11. The molecule has 26 heteroatoms. The van der Waals surface area contributed by atoms with E-state index in [2.05, 4.69) is 21.3 Å². The summed E-state index contributed by atoms with van der Waals surface area (Å²) in [7, 11) is 8.58. The summed E-state index contributed by atoms with van der Waals surface area (Å²) in [6.07, 6.45) is 4.06. The fraction of sp³-hybridized carbons (Fsp3) is 0.734. The molecule has 2 aliphatic heterocycles. The Hall–Kier alpha value is -6.53. The van der Waals surface area contributed by atoms with Gasteiger partial charge in [0.1, 0.15) is 41.8 Å². The SMILES string of the molecule is CC(C)C[C@H]1C(=O)N[C@@H](C2CC2)C(=O)N(C)CC(=O)N(C)CC(=O)N(C)[C@@H](CCC2CCCCC2)C(=O)N(C)CC(=O)N[C@@H](CCc2ccc(C(F)(F)F)c(Cl)c2)C(=O)N2CCCC2C(=O)NC2(CCCC2)C(=O)N(C)[C@@H](C(C)C)C(=O)N[C@H](C)CC(=O)N1C. The molecule has 6 rings (SSSR count). The molecule has 2 heterocycles. The number of alkyl halides is 3. The smallest absolute Gasteiger partial charge is 0.351 e. The summed E-state index contributed by atoms with van der Waals surface area (Å²) in [5, 5.41) is 11.0. The third kappa shape index (κ3) is 18.8. The van der Waals surface area contributed by atoms with Crippen LogP contribution in [0, 0.1) is 23.7 Å². The molecule has 11 amide bonds. The fourth-order valence-corrected chi connectivity index (χ4v) is 13.7. The van der Waals surface area contributed by atoms with Crippen LogP contribution in [0.5, 0.6) is 0 Å². The number of aryl methyl sites for hydroxylation is 1. The second-order valence-electron chi connectivity index (χ2n) is 26.9. The molecule has 5 fully saturated rings. The lowest BCUT2D eigenvalue weighted by Crippen LogP contribution is -2.64. The van der Waals surface area contributed by atoms with Crippen LogP contribution in [0.25, 0.3) is 0 Å². The number of hydrogen-bond donors (Lipinski definition) is 4. The van der Waals surface area contributed by atoms with Gasteiger partial charge in [0.25, 0.3) is 0 Å². The number of carbonyl (C=O) groups is 11. The van der Waals surface area contributed by atoms with Gasteiger partial charge in [-0.05, 0) is 119 Å². The summed E-state index contributed by atoms with van der Waals surface area (Å²) in [4.78, 5) is 168. The zero-order valence-corrected chi connectivity index (χ0v) is 55.2. The Morgan fingerprint density at radius 2 is 1.24 bits per heavy atom. The summed E-state index contributed by atoms with van der Waals surface area (Å²) in [5.74, 6) is -7.22. The van der Waals surface area contributed by atoms with Gasteiger partial charge in [0, 0.05) is 61.3 Å². The van der Waals surface area contributed by atoms with Crippen molar-refractivity contribution in [2.24, 2.45) is 23.7 Å². The van der Waals surface area contributed by atoms with Gasteiger partial charge >= 0.3 is 6.18 Å². The van der Waals surface area contributed by atoms with Gasteiger partial charge in [-0.15, -0.1) is 0 Å². The number of nitrogens with one attached hydrogen (secondary N) is 4. The first-order valence-corrected chi connectivity index (χ1v) is 32.5. The number of likely N-dealkylation sites (N-methyl/N-ethyl adjacent to an activating group) is 6. The van der Waals surface area contributed by atoms with Crippen LogP contribution in [0.2, 0.25) is 5.02 Å². The topological polar surface area (TPSA) is 259 Å². The third-order valence-corrected chi connectivity index (χ3v) is 19.1. The molecule has 90 heavy (non-hydrogen) atoms. The van der Waals surface area contributed by atoms with Gasteiger partial charge in [0.2, 0.25) is 65.0 Å². The lowest BCUT2D eigenvalue weighted by Gasteiger charge is -2.39. The second-order valence-corrected chi connectivity index (χ2v) is 27.3. The highest BCUT2D eigenvalue weighted by molar-refractivity contribution is 6.31. The molecule has 1 aromatic carbocycles. The average Bonchev–Trinajstić information content (AvgIpc) is 1.56. The van der Waals surface area contributed by atoms with Crippen molar-refractivity contribution in [2.45, 2.75) is 211 Å². The minimum absolute atomic E-state index is 0.0613. The van der Waals surface area contributed by atoms with Crippen LogP contribution in [-0.2, 0) is 65.3 Å². The van der Waals surface area contributed by atoms with Crippen LogP contribution in [0.3, 0.4) is 0 Å². The van der Waals surface area contributed by atoms with Crippen molar-refractivity contribution in [1.82, 2.24) is 55.6 Å². The number of rotatable bonds is 10. The second kappa shape index (κ2) is 31.7. The highest BCUT2D eigenvalue weighted by Crippen LogP contribution is 2.37. The van der Waals surface area contributed by atoms with E-state index in [1.807, 2.05) is 13.8 Å². The van der Waals surface area contributed by atoms with Gasteiger partial charge in [-0.2, -0.15) is 13.2 Å². The Morgan fingerprint density at radius 3 is 1.84 bits per heavy atom. The van der Waals surface area contributed by atoms with Gasteiger partial charge in [0.05, 0.1) is 30.2 Å². The van der Waals surface area contributed by atoms with Gasteiger partial charge in [-0.25, -0.2) is 0 Å². The van der Waals surface area contributed by atoms with Crippen LogP contribution in [0.1, 0.15) is 161 Å². The maximum Gasteiger partial charge on any atom is 0.417 e. The predicted molar refractivity (Wildman–Crippen MR) is 330 cm³/mol. The molecule has 22 nitrogen and oxygen atoms in total. The molecule has 7 atom stereocenters. The molecule has 0 aromatic heterocycles. The monoisotopic (exact) mass is 1290 g/mol. The van der Waals surface area contributed by atoms with Crippen molar-refractivity contribution in [3.63, 3.8) is 0 Å². The van der Waals surface area contributed by atoms with E-state index in [1.54, 1.807) is 20.8 Å². The van der Waals surface area contributed by atoms with Gasteiger partial charge in [0.15, 0.2) is 0 Å². The Bertz CT molecular complexity index is 2790. The van der Waals surface area contributed by atoms with Crippen LogP contribution in [-0.4, -0.2) is 216 Å². The normalized spacial score (nSPS) is 26.8. The fourth-order valence-electron chi connectivity index (χ4n) is 13.4. The summed E-state index contributed by atoms with van der Waals surface area (Å²) >= 11 is 6.11. The van der Waals surface area contributed by atoms with E-state index in [4.69, 9.17) is 11.6 Å². The number of benzene rings is 1. The van der Waals surface area contributed by atoms with Crippen LogP contribution in [0.15, 0.2) is 18.2 Å². The first-order valence-electron chi connectivity index (χ1n) is 32.2. The van der Waals surface area contributed by atoms with Crippen LogP contribution < -0.4 is 21.3 Å². The number of halogens is 4. The number of amides is 11. The number of hydrogen-bond acceptors (Lipinski definition) is 11. The lowest BCUT2D eigenvalue weighted by molar-refractivity contribution is -0.149. The molecule has 1 aromatic rings. The van der Waals surface area contributed by atoms with Gasteiger partial charge < -0.3 is 55.6 Å². The van der Waals surface area contributed by atoms with Crippen molar-refractivity contribution in [1.29, 1.82) is 0 Å². The minimum atomic E-state index is -4.74. The number of fused-ring (bicyclic) bond motifs is 1. The van der Waals surface area contributed by atoms with Crippen molar-refractivity contribution in [3.05, 3.63) is 34.3 Å². The molecule has 4 N–H and O–H groups in total. The van der Waals surface area contributed by atoms with Crippen molar-refractivity contribution in [3.8, 4) is 0 Å². The molecule has 5 aliphatic rings. The summed E-state index contributed by atoms with van der Waals surface area (Å²) < 4.78 is 41.3.